The molecule has 3 rings (SSSR count). The molecule has 2 aromatic carbocycles. The van der Waals surface area contributed by atoms with E-state index in [4.69, 9.17) is 0 Å². The number of aromatic carboxylic acids is 1. The second-order valence-corrected chi connectivity index (χ2v) is 5.74. The maximum absolute atomic E-state index is 12.5. The van der Waals surface area contributed by atoms with Crippen molar-refractivity contribution in [1.29, 1.82) is 0 Å². The number of carboxylic acids is 1. The molecule has 0 spiro atoms. The van der Waals surface area contributed by atoms with E-state index in [-0.39, 0.29) is 16.5 Å². The number of rotatable bonds is 3. The quantitative estimate of drug-likeness (QED) is 0.712. The zero-order valence-electron chi connectivity index (χ0n) is 11.3. The van der Waals surface area contributed by atoms with Gasteiger partial charge in [0.2, 0.25) is 0 Å². The number of aromatic nitrogens is 2. The first-order valence-electron chi connectivity index (χ1n) is 6.49. The van der Waals surface area contributed by atoms with Crippen molar-refractivity contribution in [2.45, 2.75) is 6.54 Å². The summed E-state index contributed by atoms with van der Waals surface area (Å²) in [6.07, 6.45) is 1.46. The van der Waals surface area contributed by atoms with Crippen molar-refractivity contribution in [1.82, 2.24) is 9.55 Å². The Bertz CT molecular complexity index is 934. The van der Waals surface area contributed by atoms with Crippen LogP contribution in [0.3, 0.4) is 0 Å². The smallest absolute Gasteiger partial charge is 0.261 e. The van der Waals surface area contributed by atoms with Gasteiger partial charge >= 0.3 is 0 Å². The molecular weight excluding hydrogens is 348 g/mol. The van der Waals surface area contributed by atoms with Crippen molar-refractivity contribution < 1.29 is 9.90 Å². The van der Waals surface area contributed by atoms with E-state index in [1.54, 1.807) is 0 Å². The molecule has 6 heteroatoms. The Balaban J connectivity index is 2.09. The van der Waals surface area contributed by atoms with Crippen molar-refractivity contribution >= 4 is 32.8 Å². The van der Waals surface area contributed by atoms with Crippen molar-refractivity contribution in [2.75, 3.05) is 0 Å². The van der Waals surface area contributed by atoms with Crippen molar-refractivity contribution in [2.24, 2.45) is 0 Å². The maximum atomic E-state index is 12.5. The SMILES string of the molecule is O=C([O-])c1ccc2ncn(Cc3cccc(Br)c3)c(=O)c2c1. The highest BCUT2D eigenvalue weighted by Crippen LogP contribution is 2.13. The van der Waals surface area contributed by atoms with E-state index in [9.17, 15) is 14.7 Å². The lowest BCUT2D eigenvalue weighted by molar-refractivity contribution is -0.255. The van der Waals surface area contributed by atoms with Crippen molar-refractivity contribution in [3.8, 4) is 0 Å². The van der Waals surface area contributed by atoms with Crippen LogP contribution >= 0.6 is 15.9 Å². The summed E-state index contributed by atoms with van der Waals surface area (Å²) < 4.78 is 2.37. The first-order chi connectivity index (χ1) is 10.5. The number of hydrogen-bond donors (Lipinski definition) is 0. The van der Waals surface area contributed by atoms with Crippen LogP contribution in [0.15, 0.2) is 58.1 Å². The van der Waals surface area contributed by atoms with E-state index in [0.717, 1.165) is 10.0 Å². The van der Waals surface area contributed by atoms with Crippen LogP contribution in [0, 0.1) is 0 Å². The molecule has 0 aliphatic heterocycles. The van der Waals surface area contributed by atoms with Gasteiger partial charge in [-0.15, -0.1) is 0 Å². The Morgan fingerprint density at radius 1 is 1.23 bits per heavy atom. The van der Waals surface area contributed by atoms with E-state index in [1.807, 2.05) is 24.3 Å². The third-order valence-corrected chi connectivity index (χ3v) is 3.79. The van der Waals surface area contributed by atoms with Crippen LogP contribution in [0.4, 0.5) is 0 Å². The van der Waals surface area contributed by atoms with E-state index >= 15 is 0 Å². The number of carboxylic acid groups (broad SMARTS) is 1. The molecular formula is C16H10BrN2O3-. The first-order valence-corrected chi connectivity index (χ1v) is 7.29. The molecule has 0 bridgehead atoms. The molecule has 5 nitrogen and oxygen atoms in total. The lowest BCUT2D eigenvalue weighted by atomic mass is 10.1. The highest BCUT2D eigenvalue weighted by Gasteiger charge is 2.06. The summed E-state index contributed by atoms with van der Waals surface area (Å²) in [6, 6.07) is 11.8. The van der Waals surface area contributed by atoms with Crippen LogP contribution in [0.5, 0.6) is 0 Å². The Labute approximate surface area is 134 Å². The van der Waals surface area contributed by atoms with Gasteiger partial charge in [0.05, 0.1) is 29.7 Å². The van der Waals surface area contributed by atoms with Crippen LogP contribution in [0.1, 0.15) is 15.9 Å². The van der Waals surface area contributed by atoms with E-state index in [1.165, 1.54) is 29.1 Å². The number of nitrogens with zero attached hydrogens (tertiary/aromatic N) is 2. The average molecular weight is 358 g/mol. The summed E-state index contributed by atoms with van der Waals surface area (Å²) >= 11 is 3.38. The zero-order chi connectivity index (χ0) is 15.7. The standard InChI is InChI=1S/C16H11BrN2O3/c17-12-3-1-2-10(6-12)8-19-9-18-14-5-4-11(16(21)22)7-13(14)15(19)20/h1-7,9H,8H2,(H,21,22)/p-1. The number of fused-ring (bicyclic) bond motifs is 1. The maximum Gasteiger partial charge on any atom is 0.261 e. The van der Waals surface area contributed by atoms with E-state index in [0.29, 0.717) is 12.1 Å². The van der Waals surface area contributed by atoms with E-state index in [2.05, 4.69) is 20.9 Å². The van der Waals surface area contributed by atoms with Gasteiger partial charge in [-0.2, -0.15) is 0 Å². The molecule has 1 heterocycles. The van der Waals surface area contributed by atoms with Crippen LogP contribution in [0.2, 0.25) is 0 Å². The largest absolute Gasteiger partial charge is 0.545 e. The number of carbonyl (C=O) groups excluding carboxylic acids is 1. The Kier molecular flexibility index (Phi) is 3.77. The Hall–Kier alpha value is -2.47. The lowest BCUT2D eigenvalue weighted by Crippen LogP contribution is -2.24. The predicted octanol–water partition coefficient (Wildman–Crippen LogP) is 1.57. The number of halogens is 1. The van der Waals surface area contributed by atoms with E-state index < -0.39 is 5.97 Å². The minimum Gasteiger partial charge on any atom is -0.545 e. The third-order valence-electron chi connectivity index (χ3n) is 3.30. The fraction of sp³-hybridized carbons (Fsp3) is 0.0625. The third kappa shape index (κ3) is 2.78. The van der Waals surface area contributed by atoms with Crippen molar-refractivity contribution in [3.05, 3.63) is 74.7 Å². The van der Waals surface area contributed by atoms with Crippen molar-refractivity contribution in [3.63, 3.8) is 0 Å². The van der Waals surface area contributed by atoms with Crippen LogP contribution in [0.25, 0.3) is 10.9 Å². The minimum atomic E-state index is -1.32. The van der Waals surface area contributed by atoms with Gasteiger partial charge in [-0.05, 0) is 35.4 Å². The summed E-state index contributed by atoms with van der Waals surface area (Å²) in [6.45, 7) is 0.358. The molecule has 0 radical (unpaired) electrons. The number of benzene rings is 2. The van der Waals surface area contributed by atoms with Gasteiger partial charge in [0.15, 0.2) is 0 Å². The number of hydrogen-bond acceptors (Lipinski definition) is 4. The summed E-state index contributed by atoms with van der Waals surface area (Å²) in [7, 11) is 0. The molecule has 0 saturated heterocycles. The molecule has 0 aliphatic carbocycles. The lowest BCUT2D eigenvalue weighted by Gasteiger charge is -2.08. The van der Waals surface area contributed by atoms with Gasteiger partial charge in [-0.3, -0.25) is 9.36 Å². The van der Waals surface area contributed by atoms with Gasteiger partial charge in [-0.25, -0.2) is 4.98 Å². The molecule has 0 amide bonds. The zero-order valence-corrected chi connectivity index (χ0v) is 12.9. The first kappa shape index (κ1) is 14.5. The molecule has 0 unspecified atom stereocenters. The topological polar surface area (TPSA) is 75.0 Å². The highest BCUT2D eigenvalue weighted by atomic mass is 79.9. The number of carbonyl (C=O) groups is 1. The molecule has 1 aromatic heterocycles. The molecule has 0 fully saturated rings. The highest BCUT2D eigenvalue weighted by molar-refractivity contribution is 9.10. The molecule has 3 aromatic rings. The minimum absolute atomic E-state index is 0.0356. The van der Waals surface area contributed by atoms with Gasteiger partial charge in [0.1, 0.15) is 0 Å². The predicted molar refractivity (Wildman–Crippen MR) is 83.6 cm³/mol. The fourth-order valence-corrected chi connectivity index (χ4v) is 2.68. The molecule has 0 aliphatic rings. The van der Waals surface area contributed by atoms with Crippen LogP contribution in [-0.4, -0.2) is 15.5 Å². The Morgan fingerprint density at radius 2 is 2.05 bits per heavy atom. The normalized spacial score (nSPS) is 10.8. The van der Waals surface area contributed by atoms with Gasteiger partial charge in [0, 0.05) is 4.47 Å². The summed E-state index contributed by atoms with van der Waals surface area (Å²) in [5.74, 6) is -1.32. The Morgan fingerprint density at radius 3 is 2.77 bits per heavy atom. The molecule has 0 N–H and O–H groups in total. The second-order valence-electron chi connectivity index (χ2n) is 4.83. The monoisotopic (exact) mass is 357 g/mol. The second kappa shape index (κ2) is 5.73. The summed E-state index contributed by atoms with van der Waals surface area (Å²) in [4.78, 5) is 27.6. The van der Waals surface area contributed by atoms with Crippen LogP contribution in [-0.2, 0) is 6.54 Å². The van der Waals surface area contributed by atoms with Crippen LogP contribution < -0.4 is 10.7 Å². The average Bonchev–Trinajstić information content (AvgIpc) is 2.50. The molecule has 0 atom stereocenters. The summed E-state index contributed by atoms with van der Waals surface area (Å²) in [5, 5.41) is 11.2. The molecule has 0 saturated carbocycles. The fourth-order valence-electron chi connectivity index (χ4n) is 2.23. The summed E-state index contributed by atoms with van der Waals surface area (Å²) in [5.41, 5.74) is 1.08. The van der Waals surface area contributed by atoms with Gasteiger partial charge < -0.3 is 9.90 Å². The molecule has 22 heavy (non-hydrogen) atoms. The molecule has 110 valence electrons. The van der Waals surface area contributed by atoms with Gasteiger partial charge in [-0.1, -0.05) is 34.1 Å². The van der Waals surface area contributed by atoms with Gasteiger partial charge in [0.25, 0.3) is 5.56 Å².